The van der Waals surface area contributed by atoms with Gasteiger partial charge in [0.1, 0.15) is 11.4 Å². The zero-order valence-corrected chi connectivity index (χ0v) is 10.6. The highest BCUT2D eigenvalue weighted by molar-refractivity contribution is 5.90. The van der Waals surface area contributed by atoms with Crippen LogP contribution in [-0.2, 0) is 4.79 Å². The average molecular weight is 267 g/mol. The number of nitrogens with zero attached hydrogens (tertiary/aromatic N) is 2. The highest BCUT2D eigenvalue weighted by Crippen LogP contribution is 2.29. The number of nitro groups is 1. The number of amides is 1. The van der Waals surface area contributed by atoms with Crippen LogP contribution in [0.15, 0.2) is 18.2 Å². The van der Waals surface area contributed by atoms with E-state index < -0.39 is 16.3 Å². The third-order valence-corrected chi connectivity index (χ3v) is 3.24. The highest BCUT2D eigenvalue weighted by atomic mass is 19.1. The van der Waals surface area contributed by atoms with Gasteiger partial charge in [0.05, 0.1) is 11.0 Å². The lowest BCUT2D eigenvalue weighted by Gasteiger charge is -2.42. The summed E-state index contributed by atoms with van der Waals surface area (Å²) in [6.07, 6.45) is 0. The van der Waals surface area contributed by atoms with E-state index in [0.717, 1.165) is 6.07 Å². The monoisotopic (exact) mass is 267 g/mol. The van der Waals surface area contributed by atoms with E-state index in [2.05, 4.69) is 5.32 Å². The van der Waals surface area contributed by atoms with Crippen molar-refractivity contribution in [3.8, 4) is 0 Å². The fourth-order valence-corrected chi connectivity index (χ4v) is 2.17. The van der Waals surface area contributed by atoms with Crippen molar-refractivity contribution in [3.63, 3.8) is 0 Å². The number of rotatable bonds is 2. The summed E-state index contributed by atoms with van der Waals surface area (Å²) in [4.78, 5) is 23.6. The Balaban J connectivity index is 2.46. The van der Waals surface area contributed by atoms with Crippen LogP contribution in [0.5, 0.6) is 0 Å². The van der Waals surface area contributed by atoms with Gasteiger partial charge in [0.25, 0.3) is 5.69 Å². The molecule has 102 valence electrons. The van der Waals surface area contributed by atoms with Crippen molar-refractivity contribution in [2.24, 2.45) is 0 Å². The Labute approximate surface area is 109 Å². The molecule has 1 aliphatic heterocycles. The Bertz CT molecular complexity index is 545. The third-order valence-electron chi connectivity index (χ3n) is 3.24. The lowest BCUT2D eigenvalue weighted by atomic mass is 9.98. The van der Waals surface area contributed by atoms with Gasteiger partial charge in [-0.15, -0.1) is 0 Å². The SMILES string of the molecule is CC1(C)C(=O)NCCN1c1cc(F)cc([N+](=O)[O-])c1. The number of carbonyl (C=O) groups is 1. The minimum Gasteiger partial charge on any atom is -0.355 e. The van der Waals surface area contributed by atoms with Gasteiger partial charge in [-0.05, 0) is 19.9 Å². The number of carbonyl (C=O) groups excluding carboxylic acids is 1. The highest BCUT2D eigenvalue weighted by Gasteiger charge is 2.38. The number of piperazine rings is 1. The maximum atomic E-state index is 13.5. The van der Waals surface area contributed by atoms with E-state index in [1.807, 2.05) is 0 Å². The normalized spacial score (nSPS) is 18.1. The summed E-state index contributed by atoms with van der Waals surface area (Å²) in [7, 11) is 0. The summed E-state index contributed by atoms with van der Waals surface area (Å²) in [5.41, 5.74) is -0.858. The van der Waals surface area contributed by atoms with E-state index in [4.69, 9.17) is 0 Å². The summed E-state index contributed by atoms with van der Waals surface area (Å²) in [5, 5.41) is 13.5. The summed E-state index contributed by atoms with van der Waals surface area (Å²) in [6.45, 7) is 4.28. The van der Waals surface area contributed by atoms with Crippen molar-refractivity contribution in [2.45, 2.75) is 19.4 Å². The van der Waals surface area contributed by atoms with Crippen molar-refractivity contribution in [3.05, 3.63) is 34.1 Å². The molecular weight excluding hydrogens is 253 g/mol. The fourth-order valence-electron chi connectivity index (χ4n) is 2.17. The third kappa shape index (κ3) is 2.35. The van der Waals surface area contributed by atoms with Gasteiger partial charge in [0, 0.05) is 24.8 Å². The van der Waals surface area contributed by atoms with Crippen LogP contribution in [0.3, 0.4) is 0 Å². The number of halogens is 1. The molecule has 0 atom stereocenters. The molecule has 1 aliphatic rings. The van der Waals surface area contributed by atoms with Crippen molar-refractivity contribution in [1.29, 1.82) is 0 Å². The minimum absolute atomic E-state index is 0.189. The number of anilines is 1. The summed E-state index contributed by atoms with van der Waals surface area (Å²) >= 11 is 0. The first-order valence-corrected chi connectivity index (χ1v) is 5.83. The smallest absolute Gasteiger partial charge is 0.274 e. The minimum atomic E-state index is -0.875. The Morgan fingerprint density at radius 3 is 2.74 bits per heavy atom. The van der Waals surface area contributed by atoms with Crippen LogP contribution in [-0.4, -0.2) is 29.5 Å². The lowest BCUT2D eigenvalue weighted by Crippen LogP contribution is -2.62. The van der Waals surface area contributed by atoms with Gasteiger partial charge in [-0.2, -0.15) is 0 Å². The standard InChI is InChI=1S/C12H14FN3O3/c1-12(2)11(17)14-3-4-15(12)9-5-8(13)6-10(7-9)16(18)19/h5-7H,3-4H2,1-2H3,(H,14,17). The van der Waals surface area contributed by atoms with Gasteiger partial charge >= 0.3 is 0 Å². The lowest BCUT2D eigenvalue weighted by molar-refractivity contribution is -0.385. The maximum absolute atomic E-state index is 13.5. The van der Waals surface area contributed by atoms with Crippen LogP contribution in [0.25, 0.3) is 0 Å². The number of benzene rings is 1. The quantitative estimate of drug-likeness (QED) is 0.650. The molecule has 7 heteroatoms. The van der Waals surface area contributed by atoms with E-state index in [1.165, 1.54) is 12.1 Å². The zero-order chi connectivity index (χ0) is 14.2. The predicted molar refractivity (Wildman–Crippen MR) is 67.5 cm³/mol. The summed E-state index contributed by atoms with van der Waals surface area (Å²) < 4.78 is 13.5. The number of non-ortho nitro benzene ring substituents is 1. The molecule has 2 rings (SSSR count). The van der Waals surface area contributed by atoms with Crippen LogP contribution < -0.4 is 10.2 Å². The molecule has 19 heavy (non-hydrogen) atoms. The average Bonchev–Trinajstić information content (AvgIpc) is 2.31. The second-order valence-electron chi connectivity index (χ2n) is 4.89. The molecule has 0 bridgehead atoms. The molecule has 0 unspecified atom stereocenters. The van der Waals surface area contributed by atoms with Gasteiger partial charge in [-0.25, -0.2) is 4.39 Å². The molecule has 1 heterocycles. The van der Waals surface area contributed by atoms with Crippen LogP contribution in [0, 0.1) is 15.9 Å². The van der Waals surface area contributed by atoms with Crippen molar-refractivity contribution in [2.75, 3.05) is 18.0 Å². The van der Waals surface area contributed by atoms with Crippen LogP contribution in [0.1, 0.15) is 13.8 Å². The Morgan fingerprint density at radius 2 is 2.11 bits per heavy atom. The molecular formula is C12H14FN3O3. The van der Waals surface area contributed by atoms with Gasteiger partial charge in [-0.3, -0.25) is 14.9 Å². The molecule has 6 nitrogen and oxygen atoms in total. The van der Waals surface area contributed by atoms with E-state index >= 15 is 0 Å². The molecule has 0 aliphatic carbocycles. The van der Waals surface area contributed by atoms with Crippen LogP contribution >= 0.6 is 0 Å². The molecule has 1 aromatic rings. The maximum Gasteiger partial charge on any atom is 0.274 e. The van der Waals surface area contributed by atoms with Crippen molar-refractivity contribution >= 4 is 17.3 Å². The largest absolute Gasteiger partial charge is 0.355 e. The van der Waals surface area contributed by atoms with Gasteiger partial charge in [-0.1, -0.05) is 0 Å². The van der Waals surface area contributed by atoms with Crippen LogP contribution in [0.4, 0.5) is 15.8 Å². The number of hydrogen-bond acceptors (Lipinski definition) is 4. The molecule has 1 amide bonds. The summed E-state index contributed by atoms with van der Waals surface area (Å²) in [6, 6.07) is 3.34. The van der Waals surface area contributed by atoms with Gasteiger partial charge in [0.2, 0.25) is 5.91 Å². The van der Waals surface area contributed by atoms with Gasteiger partial charge in [0.15, 0.2) is 0 Å². The summed E-state index contributed by atoms with van der Waals surface area (Å²) in [5.74, 6) is -0.878. The fraction of sp³-hybridized carbons (Fsp3) is 0.417. The second kappa shape index (κ2) is 4.49. The zero-order valence-electron chi connectivity index (χ0n) is 10.6. The number of nitro benzene ring substituents is 1. The molecule has 1 fully saturated rings. The van der Waals surface area contributed by atoms with Gasteiger partial charge < -0.3 is 10.2 Å². The second-order valence-corrected chi connectivity index (χ2v) is 4.89. The van der Waals surface area contributed by atoms with E-state index in [-0.39, 0.29) is 11.6 Å². The molecule has 1 N–H and O–H groups in total. The Kier molecular flexibility index (Phi) is 3.13. The topological polar surface area (TPSA) is 75.5 Å². The Morgan fingerprint density at radius 1 is 1.42 bits per heavy atom. The first-order valence-electron chi connectivity index (χ1n) is 5.83. The number of hydrogen-bond donors (Lipinski definition) is 1. The molecule has 1 aromatic carbocycles. The van der Waals surface area contributed by atoms with Crippen molar-refractivity contribution < 1.29 is 14.1 Å². The predicted octanol–water partition coefficient (Wildman–Crippen LogP) is 1.45. The molecule has 0 saturated carbocycles. The molecule has 1 saturated heterocycles. The van der Waals surface area contributed by atoms with E-state index in [0.29, 0.717) is 18.8 Å². The number of nitrogens with one attached hydrogen (secondary N) is 1. The first-order chi connectivity index (χ1) is 8.82. The van der Waals surface area contributed by atoms with E-state index in [1.54, 1.807) is 18.7 Å². The molecule has 0 spiro atoms. The van der Waals surface area contributed by atoms with Crippen molar-refractivity contribution in [1.82, 2.24) is 5.32 Å². The van der Waals surface area contributed by atoms with Crippen LogP contribution in [0.2, 0.25) is 0 Å². The molecule has 0 aromatic heterocycles. The first kappa shape index (κ1) is 13.3. The molecule has 0 radical (unpaired) electrons. The van der Waals surface area contributed by atoms with E-state index in [9.17, 15) is 19.3 Å². The Hall–Kier alpha value is -2.18.